The number of aromatic nitrogens is 3. The van der Waals surface area contributed by atoms with Crippen LogP contribution in [0.25, 0.3) is 11.4 Å². The molecule has 1 amide bonds. The second kappa shape index (κ2) is 7.55. The molecule has 3 heterocycles. The van der Waals surface area contributed by atoms with Crippen molar-refractivity contribution in [2.24, 2.45) is 5.92 Å². The Morgan fingerprint density at radius 3 is 2.87 bits per heavy atom. The summed E-state index contributed by atoms with van der Waals surface area (Å²) in [6.45, 7) is 1.66. The van der Waals surface area contributed by atoms with Crippen molar-refractivity contribution >= 4 is 17.7 Å². The van der Waals surface area contributed by atoms with Crippen molar-refractivity contribution in [3.63, 3.8) is 0 Å². The Balaban J connectivity index is 1.70. The lowest BCUT2D eigenvalue weighted by molar-refractivity contribution is 0.0684. The van der Waals surface area contributed by atoms with Crippen molar-refractivity contribution in [3.05, 3.63) is 42.5 Å². The number of piperidine rings is 1. The zero-order valence-corrected chi connectivity index (χ0v) is 14.0. The van der Waals surface area contributed by atoms with Crippen molar-refractivity contribution < 1.29 is 4.79 Å². The van der Waals surface area contributed by atoms with Crippen LogP contribution in [0.1, 0.15) is 23.2 Å². The van der Waals surface area contributed by atoms with Gasteiger partial charge in [0.25, 0.3) is 5.91 Å². The zero-order valence-electron chi connectivity index (χ0n) is 13.2. The lowest BCUT2D eigenvalue weighted by atomic mass is 9.99. The van der Waals surface area contributed by atoms with Gasteiger partial charge in [0.05, 0.1) is 5.56 Å². The molecular weight excluding hydrogens is 308 g/mol. The number of rotatable bonds is 4. The highest BCUT2D eigenvalue weighted by Gasteiger charge is 2.24. The van der Waals surface area contributed by atoms with Gasteiger partial charge in [0.1, 0.15) is 0 Å². The van der Waals surface area contributed by atoms with Crippen molar-refractivity contribution in [1.82, 2.24) is 19.9 Å². The van der Waals surface area contributed by atoms with E-state index in [0.717, 1.165) is 30.8 Å². The van der Waals surface area contributed by atoms with E-state index in [0.29, 0.717) is 17.3 Å². The summed E-state index contributed by atoms with van der Waals surface area (Å²) in [6.07, 6.45) is 11.1. The third-order valence-corrected chi connectivity index (χ3v) is 4.83. The fourth-order valence-electron chi connectivity index (χ4n) is 2.89. The molecular formula is C17H20N4OS. The summed E-state index contributed by atoms with van der Waals surface area (Å²) < 4.78 is 0. The van der Waals surface area contributed by atoms with Gasteiger partial charge in [0.15, 0.2) is 5.82 Å². The molecule has 0 aliphatic carbocycles. The van der Waals surface area contributed by atoms with Crippen LogP contribution in [-0.2, 0) is 0 Å². The maximum Gasteiger partial charge on any atom is 0.257 e. The molecule has 1 aliphatic heterocycles. The molecule has 23 heavy (non-hydrogen) atoms. The Bertz CT molecular complexity index is 645. The van der Waals surface area contributed by atoms with Gasteiger partial charge >= 0.3 is 0 Å². The van der Waals surface area contributed by atoms with Gasteiger partial charge in [-0.2, -0.15) is 11.8 Å². The van der Waals surface area contributed by atoms with E-state index in [1.165, 1.54) is 6.42 Å². The van der Waals surface area contributed by atoms with Gasteiger partial charge in [-0.05, 0) is 42.9 Å². The fraction of sp³-hybridized carbons (Fsp3) is 0.412. The van der Waals surface area contributed by atoms with Crippen molar-refractivity contribution in [1.29, 1.82) is 0 Å². The van der Waals surface area contributed by atoms with Crippen molar-refractivity contribution in [2.75, 3.05) is 25.1 Å². The minimum absolute atomic E-state index is 0.0357. The van der Waals surface area contributed by atoms with E-state index in [1.54, 1.807) is 24.8 Å². The van der Waals surface area contributed by atoms with Crippen LogP contribution >= 0.6 is 11.8 Å². The summed E-state index contributed by atoms with van der Waals surface area (Å²) in [4.78, 5) is 27.3. The van der Waals surface area contributed by atoms with E-state index in [4.69, 9.17) is 0 Å². The van der Waals surface area contributed by atoms with Crippen molar-refractivity contribution in [2.45, 2.75) is 12.8 Å². The van der Waals surface area contributed by atoms with Crippen LogP contribution in [0.15, 0.2) is 36.9 Å². The van der Waals surface area contributed by atoms with Gasteiger partial charge in [-0.3, -0.25) is 9.78 Å². The molecule has 1 aliphatic rings. The second-order valence-corrected chi connectivity index (χ2v) is 6.66. The Kier molecular flexibility index (Phi) is 5.23. The highest BCUT2D eigenvalue weighted by Crippen LogP contribution is 2.21. The van der Waals surface area contributed by atoms with Gasteiger partial charge in [0.2, 0.25) is 0 Å². The van der Waals surface area contributed by atoms with E-state index < -0.39 is 0 Å². The Hall–Kier alpha value is -1.95. The van der Waals surface area contributed by atoms with E-state index in [9.17, 15) is 4.79 Å². The lowest BCUT2D eigenvalue weighted by Gasteiger charge is -2.32. The minimum Gasteiger partial charge on any atom is -0.338 e. The van der Waals surface area contributed by atoms with Crippen LogP contribution in [0.4, 0.5) is 0 Å². The number of hydrogen-bond acceptors (Lipinski definition) is 5. The first-order valence-electron chi connectivity index (χ1n) is 7.78. The number of carbonyl (C=O) groups is 1. The van der Waals surface area contributed by atoms with E-state index in [2.05, 4.69) is 21.2 Å². The van der Waals surface area contributed by atoms with Gasteiger partial charge in [0, 0.05) is 43.4 Å². The Labute approximate surface area is 140 Å². The molecule has 1 saturated heterocycles. The summed E-state index contributed by atoms with van der Waals surface area (Å²) in [5.41, 5.74) is 1.41. The number of nitrogens with zero attached hydrogens (tertiary/aromatic N) is 4. The molecule has 6 heteroatoms. The molecule has 0 bridgehead atoms. The summed E-state index contributed by atoms with van der Waals surface area (Å²) >= 11 is 1.85. The average Bonchev–Trinajstić information content (AvgIpc) is 2.62. The Morgan fingerprint density at radius 1 is 1.35 bits per heavy atom. The molecule has 0 saturated carbocycles. The SMILES string of the molecule is CSC[C@@H]1CCCN(C(=O)c2cnc(-c3cccnc3)nc2)C1. The average molecular weight is 328 g/mol. The zero-order chi connectivity index (χ0) is 16.1. The van der Waals surface area contributed by atoms with Crippen LogP contribution in [0, 0.1) is 5.92 Å². The summed E-state index contributed by atoms with van der Waals surface area (Å²) in [5, 5.41) is 0. The quantitative estimate of drug-likeness (QED) is 0.864. The monoisotopic (exact) mass is 328 g/mol. The summed E-state index contributed by atoms with van der Waals surface area (Å²) in [7, 11) is 0. The van der Waals surface area contributed by atoms with E-state index >= 15 is 0 Å². The molecule has 2 aromatic rings. The van der Waals surface area contributed by atoms with Crippen LogP contribution in [-0.4, -0.2) is 50.9 Å². The fourth-order valence-corrected chi connectivity index (χ4v) is 3.63. The molecule has 5 nitrogen and oxygen atoms in total. The summed E-state index contributed by atoms with van der Waals surface area (Å²) in [6, 6.07) is 3.75. The van der Waals surface area contributed by atoms with Crippen LogP contribution in [0.2, 0.25) is 0 Å². The first-order chi connectivity index (χ1) is 11.3. The van der Waals surface area contributed by atoms with Gasteiger partial charge < -0.3 is 4.90 Å². The molecule has 0 N–H and O–H groups in total. The standard InChI is InChI=1S/C17H20N4OS/c1-23-12-13-4-3-7-21(11-13)17(22)15-9-19-16(20-10-15)14-5-2-6-18-8-14/h2,5-6,8-10,13H,3-4,7,11-12H2,1H3/t13-/m1/s1. The number of carbonyl (C=O) groups excluding carboxylic acids is 1. The lowest BCUT2D eigenvalue weighted by Crippen LogP contribution is -2.40. The molecule has 0 radical (unpaired) electrons. The second-order valence-electron chi connectivity index (χ2n) is 5.75. The number of thioether (sulfide) groups is 1. The molecule has 1 atom stereocenters. The third-order valence-electron chi connectivity index (χ3n) is 4.03. The van der Waals surface area contributed by atoms with Crippen LogP contribution < -0.4 is 0 Å². The van der Waals surface area contributed by atoms with Crippen molar-refractivity contribution in [3.8, 4) is 11.4 Å². The van der Waals surface area contributed by atoms with Gasteiger partial charge in [-0.15, -0.1) is 0 Å². The highest BCUT2D eigenvalue weighted by atomic mass is 32.2. The minimum atomic E-state index is 0.0357. The van der Waals surface area contributed by atoms with E-state index in [1.807, 2.05) is 28.8 Å². The Morgan fingerprint density at radius 2 is 2.17 bits per heavy atom. The molecule has 3 rings (SSSR count). The topological polar surface area (TPSA) is 59.0 Å². The maximum atomic E-state index is 12.6. The molecule has 0 aromatic carbocycles. The molecule has 120 valence electrons. The first-order valence-corrected chi connectivity index (χ1v) is 9.18. The molecule has 0 spiro atoms. The molecule has 0 unspecified atom stereocenters. The normalized spacial score (nSPS) is 18.0. The molecule has 2 aromatic heterocycles. The van der Waals surface area contributed by atoms with Crippen LogP contribution in [0.5, 0.6) is 0 Å². The van der Waals surface area contributed by atoms with Gasteiger partial charge in [-0.1, -0.05) is 0 Å². The van der Waals surface area contributed by atoms with Crippen LogP contribution in [0.3, 0.4) is 0 Å². The predicted octanol–water partition coefficient (Wildman–Crippen LogP) is 2.75. The largest absolute Gasteiger partial charge is 0.338 e. The predicted molar refractivity (Wildman–Crippen MR) is 92.3 cm³/mol. The van der Waals surface area contributed by atoms with Gasteiger partial charge in [-0.25, -0.2) is 9.97 Å². The smallest absolute Gasteiger partial charge is 0.257 e. The molecule has 1 fully saturated rings. The number of hydrogen-bond donors (Lipinski definition) is 0. The number of pyridine rings is 1. The summed E-state index contributed by atoms with van der Waals surface area (Å²) in [5.74, 6) is 2.33. The maximum absolute atomic E-state index is 12.6. The highest BCUT2D eigenvalue weighted by molar-refractivity contribution is 7.98. The third kappa shape index (κ3) is 3.88. The number of likely N-dealkylation sites (tertiary alicyclic amines) is 1. The number of amides is 1. The van der Waals surface area contributed by atoms with E-state index in [-0.39, 0.29) is 5.91 Å². The first kappa shape index (κ1) is 15.9.